The summed E-state index contributed by atoms with van der Waals surface area (Å²) in [7, 11) is 1.56. The van der Waals surface area contributed by atoms with Crippen molar-refractivity contribution in [3.63, 3.8) is 0 Å². The van der Waals surface area contributed by atoms with E-state index in [1.165, 1.54) is 29.1 Å². The van der Waals surface area contributed by atoms with Gasteiger partial charge in [0.2, 0.25) is 0 Å². The zero-order valence-electron chi connectivity index (χ0n) is 15.2. The Bertz CT molecular complexity index is 1240. The Morgan fingerprint density at radius 2 is 2.00 bits per heavy atom. The first-order valence-corrected chi connectivity index (χ1v) is 8.60. The van der Waals surface area contributed by atoms with Gasteiger partial charge in [0.15, 0.2) is 0 Å². The number of aromatic amines is 1. The van der Waals surface area contributed by atoms with E-state index in [-0.39, 0.29) is 16.7 Å². The molecule has 0 atom stereocenters. The quantitative estimate of drug-likeness (QED) is 0.565. The van der Waals surface area contributed by atoms with Crippen LogP contribution in [-0.2, 0) is 12.7 Å². The topological polar surface area (TPSA) is 72.8 Å². The maximum absolute atomic E-state index is 13.1. The summed E-state index contributed by atoms with van der Waals surface area (Å²) in [6.07, 6.45) is -2.07. The smallest absolute Gasteiger partial charge is 0.433 e. The second kappa shape index (κ2) is 7.08. The van der Waals surface area contributed by atoms with Crippen molar-refractivity contribution >= 4 is 10.9 Å². The SMILES string of the molecule is COc1cccc(Cn2cnc3cc(-c4cn[nH]c4C(F)(F)F)ccc3c2=O)c1. The number of rotatable bonds is 4. The van der Waals surface area contributed by atoms with Gasteiger partial charge in [-0.25, -0.2) is 4.98 Å². The van der Waals surface area contributed by atoms with Crippen molar-refractivity contribution in [1.29, 1.82) is 0 Å². The van der Waals surface area contributed by atoms with Gasteiger partial charge in [-0.15, -0.1) is 0 Å². The normalized spacial score (nSPS) is 11.7. The predicted molar refractivity (Wildman–Crippen MR) is 101 cm³/mol. The van der Waals surface area contributed by atoms with Crippen LogP contribution in [0.5, 0.6) is 5.75 Å². The number of ether oxygens (including phenoxy) is 1. The first-order valence-electron chi connectivity index (χ1n) is 8.60. The van der Waals surface area contributed by atoms with Gasteiger partial charge in [0.25, 0.3) is 5.56 Å². The predicted octanol–water partition coefficient (Wildman–Crippen LogP) is 3.86. The first kappa shape index (κ1) is 18.7. The van der Waals surface area contributed by atoms with Crippen molar-refractivity contribution in [2.45, 2.75) is 12.7 Å². The molecule has 1 N–H and O–H groups in total. The Morgan fingerprint density at radius 3 is 2.76 bits per heavy atom. The van der Waals surface area contributed by atoms with Crippen LogP contribution < -0.4 is 10.3 Å². The van der Waals surface area contributed by atoms with E-state index in [9.17, 15) is 18.0 Å². The lowest BCUT2D eigenvalue weighted by Gasteiger charge is -2.10. The molecule has 2 aromatic carbocycles. The van der Waals surface area contributed by atoms with Gasteiger partial charge in [0.1, 0.15) is 11.4 Å². The van der Waals surface area contributed by atoms with Gasteiger partial charge in [-0.3, -0.25) is 14.5 Å². The van der Waals surface area contributed by atoms with Gasteiger partial charge in [0.05, 0.1) is 37.1 Å². The Labute approximate surface area is 162 Å². The summed E-state index contributed by atoms with van der Waals surface area (Å²) in [4.78, 5) is 17.1. The average molecular weight is 400 g/mol. The molecule has 0 fully saturated rings. The lowest BCUT2D eigenvalue weighted by Crippen LogP contribution is -2.21. The summed E-state index contributed by atoms with van der Waals surface area (Å²) >= 11 is 0. The van der Waals surface area contributed by atoms with Crippen LogP contribution in [0.3, 0.4) is 0 Å². The highest BCUT2D eigenvalue weighted by Crippen LogP contribution is 2.35. The Kier molecular flexibility index (Phi) is 4.57. The molecule has 0 saturated carbocycles. The summed E-state index contributed by atoms with van der Waals surface area (Å²) in [5.41, 5.74) is 0.120. The molecule has 6 nitrogen and oxygen atoms in total. The van der Waals surface area contributed by atoms with Crippen molar-refractivity contribution in [2.24, 2.45) is 0 Å². The molecule has 0 amide bonds. The molecule has 0 radical (unpaired) electrons. The van der Waals surface area contributed by atoms with Gasteiger partial charge in [-0.2, -0.15) is 18.3 Å². The van der Waals surface area contributed by atoms with Crippen molar-refractivity contribution in [1.82, 2.24) is 19.7 Å². The number of aromatic nitrogens is 4. The van der Waals surface area contributed by atoms with E-state index in [1.807, 2.05) is 23.3 Å². The molecule has 2 heterocycles. The summed E-state index contributed by atoms with van der Waals surface area (Å²) in [6, 6.07) is 11.7. The van der Waals surface area contributed by atoms with Crippen LogP contribution in [0.4, 0.5) is 13.2 Å². The van der Waals surface area contributed by atoms with Crippen LogP contribution in [0.15, 0.2) is 59.8 Å². The van der Waals surface area contributed by atoms with E-state index in [1.54, 1.807) is 13.2 Å². The van der Waals surface area contributed by atoms with E-state index in [0.717, 1.165) is 11.8 Å². The highest BCUT2D eigenvalue weighted by Gasteiger charge is 2.35. The minimum absolute atomic E-state index is 0.0956. The summed E-state index contributed by atoms with van der Waals surface area (Å²) in [6.45, 7) is 0.292. The van der Waals surface area contributed by atoms with Crippen LogP contribution in [0, 0.1) is 0 Å². The number of hydrogen-bond donors (Lipinski definition) is 1. The number of alkyl halides is 3. The molecule has 0 spiro atoms. The van der Waals surface area contributed by atoms with Gasteiger partial charge < -0.3 is 4.74 Å². The minimum atomic E-state index is -4.56. The maximum Gasteiger partial charge on any atom is 0.433 e. The molecule has 0 unspecified atom stereocenters. The van der Waals surface area contributed by atoms with E-state index >= 15 is 0 Å². The number of halogens is 3. The zero-order chi connectivity index (χ0) is 20.6. The van der Waals surface area contributed by atoms with Crippen LogP contribution in [0.2, 0.25) is 0 Å². The Morgan fingerprint density at radius 1 is 1.17 bits per heavy atom. The lowest BCUT2D eigenvalue weighted by molar-refractivity contribution is -0.140. The molecular weight excluding hydrogens is 385 g/mol. The number of methoxy groups -OCH3 is 1. The molecule has 0 aliphatic heterocycles. The fraction of sp³-hybridized carbons (Fsp3) is 0.150. The third-order valence-electron chi connectivity index (χ3n) is 4.55. The van der Waals surface area contributed by atoms with Gasteiger partial charge in [-0.05, 0) is 35.4 Å². The van der Waals surface area contributed by atoms with Gasteiger partial charge in [0, 0.05) is 5.56 Å². The first-order chi connectivity index (χ1) is 13.9. The Hall–Kier alpha value is -3.62. The largest absolute Gasteiger partial charge is 0.497 e. The van der Waals surface area contributed by atoms with E-state index in [2.05, 4.69) is 10.1 Å². The second-order valence-corrected chi connectivity index (χ2v) is 6.42. The zero-order valence-corrected chi connectivity index (χ0v) is 15.2. The molecule has 148 valence electrons. The monoisotopic (exact) mass is 400 g/mol. The molecule has 2 aromatic heterocycles. The molecule has 0 bridgehead atoms. The van der Waals surface area contributed by atoms with Crippen molar-refractivity contribution in [2.75, 3.05) is 7.11 Å². The number of fused-ring (bicyclic) bond motifs is 1. The third-order valence-corrected chi connectivity index (χ3v) is 4.55. The molecule has 4 aromatic rings. The van der Waals surface area contributed by atoms with Gasteiger partial charge >= 0.3 is 6.18 Å². The summed E-state index contributed by atoms with van der Waals surface area (Å²) in [5.74, 6) is 0.675. The minimum Gasteiger partial charge on any atom is -0.497 e. The van der Waals surface area contributed by atoms with E-state index in [4.69, 9.17) is 4.74 Å². The molecule has 0 aliphatic rings. The number of benzene rings is 2. The lowest BCUT2D eigenvalue weighted by atomic mass is 10.0. The molecule has 0 saturated heterocycles. The van der Waals surface area contributed by atoms with Crippen molar-refractivity contribution in [3.05, 3.63) is 76.6 Å². The molecule has 9 heteroatoms. The second-order valence-electron chi connectivity index (χ2n) is 6.42. The van der Waals surface area contributed by atoms with Crippen LogP contribution in [0.25, 0.3) is 22.0 Å². The highest BCUT2D eigenvalue weighted by atomic mass is 19.4. The molecular formula is C20H15F3N4O2. The number of nitrogens with one attached hydrogen (secondary N) is 1. The number of nitrogens with zero attached hydrogens (tertiary/aromatic N) is 3. The van der Waals surface area contributed by atoms with Gasteiger partial charge in [-0.1, -0.05) is 18.2 Å². The van der Waals surface area contributed by atoms with Crippen LogP contribution in [-0.4, -0.2) is 26.9 Å². The molecule has 4 rings (SSSR count). The highest BCUT2D eigenvalue weighted by molar-refractivity contribution is 5.83. The van der Waals surface area contributed by atoms with E-state index in [0.29, 0.717) is 23.2 Å². The maximum atomic E-state index is 13.1. The average Bonchev–Trinajstić information content (AvgIpc) is 3.21. The van der Waals surface area contributed by atoms with E-state index < -0.39 is 11.9 Å². The number of H-pyrrole nitrogens is 1. The fourth-order valence-electron chi connectivity index (χ4n) is 3.13. The van der Waals surface area contributed by atoms with Crippen molar-refractivity contribution in [3.8, 4) is 16.9 Å². The molecule has 29 heavy (non-hydrogen) atoms. The number of hydrogen-bond acceptors (Lipinski definition) is 4. The van der Waals surface area contributed by atoms with Crippen LogP contribution >= 0.6 is 0 Å². The Balaban J connectivity index is 1.73. The third kappa shape index (κ3) is 3.58. The standard InChI is InChI=1S/C20H15F3N4O2/c1-29-14-4-2-3-12(7-14)10-27-11-24-17-8-13(5-6-15(17)19(27)28)16-9-25-26-18(16)20(21,22)23/h2-9,11H,10H2,1H3,(H,25,26). The molecule has 0 aliphatic carbocycles. The van der Waals surface area contributed by atoms with Crippen molar-refractivity contribution < 1.29 is 17.9 Å². The summed E-state index contributed by atoms with van der Waals surface area (Å²) in [5, 5.41) is 5.79. The van der Waals surface area contributed by atoms with Crippen LogP contribution in [0.1, 0.15) is 11.3 Å². The fourth-order valence-corrected chi connectivity index (χ4v) is 3.13. The summed E-state index contributed by atoms with van der Waals surface area (Å²) < 4.78 is 46.0.